The van der Waals surface area contributed by atoms with Crippen molar-refractivity contribution in [3.05, 3.63) is 53.3 Å². The van der Waals surface area contributed by atoms with Gasteiger partial charge in [0.15, 0.2) is 5.96 Å². The van der Waals surface area contributed by atoms with Crippen molar-refractivity contribution in [3.63, 3.8) is 0 Å². The van der Waals surface area contributed by atoms with Gasteiger partial charge in [0.1, 0.15) is 17.8 Å². The topological polar surface area (TPSA) is 105 Å². The highest BCUT2D eigenvalue weighted by atomic mass is 16.5. The van der Waals surface area contributed by atoms with Crippen LogP contribution in [0.2, 0.25) is 0 Å². The molecule has 0 aliphatic carbocycles. The molecule has 2 aliphatic heterocycles. The molecule has 1 saturated heterocycles. The number of carbonyl (C=O) groups excluding carboxylic acids is 1. The molecule has 8 heteroatoms. The van der Waals surface area contributed by atoms with E-state index in [0.29, 0.717) is 19.4 Å². The lowest BCUT2D eigenvalue weighted by molar-refractivity contribution is -0.156. The predicted molar refractivity (Wildman–Crippen MR) is 123 cm³/mol. The summed E-state index contributed by atoms with van der Waals surface area (Å²) in [6, 6.07) is 10.1. The number of aryl methyl sites for hydroxylation is 1. The summed E-state index contributed by atoms with van der Waals surface area (Å²) in [5, 5.41) is 7.70. The van der Waals surface area contributed by atoms with Crippen molar-refractivity contribution in [1.82, 2.24) is 9.88 Å². The normalized spacial score (nSPS) is 17.4. The van der Waals surface area contributed by atoms with Gasteiger partial charge in [-0.3, -0.25) is 15.2 Å². The Hall–Kier alpha value is -3.29. The van der Waals surface area contributed by atoms with Gasteiger partial charge in [0, 0.05) is 43.8 Å². The first kappa shape index (κ1) is 21.9. The maximum Gasteiger partial charge on any atom is 0.315 e. The summed E-state index contributed by atoms with van der Waals surface area (Å²) >= 11 is 0. The monoisotopic (exact) mass is 437 g/mol. The van der Waals surface area contributed by atoms with E-state index >= 15 is 0 Å². The van der Waals surface area contributed by atoms with Crippen molar-refractivity contribution in [2.24, 2.45) is 11.1 Å². The summed E-state index contributed by atoms with van der Waals surface area (Å²) in [5.74, 6) is 0.594. The molecular formula is C24H31N5O3. The van der Waals surface area contributed by atoms with Crippen molar-refractivity contribution in [2.75, 3.05) is 38.3 Å². The van der Waals surface area contributed by atoms with E-state index in [-0.39, 0.29) is 18.5 Å². The van der Waals surface area contributed by atoms with Crippen LogP contribution in [0.1, 0.15) is 29.7 Å². The fraction of sp³-hybridized carbons (Fsp3) is 0.458. The van der Waals surface area contributed by atoms with Crippen LogP contribution in [0.4, 0.5) is 5.69 Å². The fourth-order valence-corrected chi connectivity index (χ4v) is 4.59. The van der Waals surface area contributed by atoms with Crippen LogP contribution in [-0.2, 0) is 22.5 Å². The van der Waals surface area contributed by atoms with Gasteiger partial charge in [0.25, 0.3) is 0 Å². The van der Waals surface area contributed by atoms with Gasteiger partial charge in [-0.2, -0.15) is 0 Å². The molecule has 2 aromatic rings. The van der Waals surface area contributed by atoms with Gasteiger partial charge < -0.3 is 25.0 Å². The number of fused-ring (bicyclic) bond motifs is 1. The molecule has 0 saturated carbocycles. The number of nitrogens with one attached hydrogen (secondary N) is 1. The van der Waals surface area contributed by atoms with E-state index in [1.807, 2.05) is 36.2 Å². The quantitative estimate of drug-likeness (QED) is 0.421. The molecule has 32 heavy (non-hydrogen) atoms. The molecule has 1 fully saturated rings. The number of benzene rings is 1. The molecule has 0 bridgehead atoms. The number of pyridine rings is 1. The molecule has 4 rings (SSSR count). The smallest absolute Gasteiger partial charge is 0.315 e. The number of nitrogens with zero attached hydrogens (tertiary/aromatic N) is 3. The van der Waals surface area contributed by atoms with Gasteiger partial charge in [-0.25, -0.2) is 0 Å². The van der Waals surface area contributed by atoms with Crippen LogP contribution in [0.3, 0.4) is 0 Å². The Kier molecular flexibility index (Phi) is 6.21. The van der Waals surface area contributed by atoms with Crippen molar-refractivity contribution >= 4 is 17.6 Å². The van der Waals surface area contributed by atoms with E-state index in [1.165, 1.54) is 12.7 Å². The number of ether oxygens (including phenoxy) is 2. The zero-order valence-electron chi connectivity index (χ0n) is 18.8. The van der Waals surface area contributed by atoms with Crippen molar-refractivity contribution in [3.8, 4) is 5.75 Å². The first-order chi connectivity index (χ1) is 15.4. The van der Waals surface area contributed by atoms with E-state index in [0.717, 1.165) is 48.7 Å². The minimum Gasteiger partial charge on any atom is -0.492 e. The summed E-state index contributed by atoms with van der Waals surface area (Å²) in [5.41, 5.74) is 9.46. The first-order valence-corrected chi connectivity index (χ1v) is 11.0. The Morgan fingerprint density at radius 3 is 2.66 bits per heavy atom. The van der Waals surface area contributed by atoms with Gasteiger partial charge >= 0.3 is 5.97 Å². The summed E-state index contributed by atoms with van der Waals surface area (Å²) in [4.78, 5) is 21.2. The summed E-state index contributed by atoms with van der Waals surface area (Å²) in [7, 11) is 1.44. The van der Waals surface area contributed by atoms with Crippen LogP contribution in [0.15, 0.2) is 36.5 Å². The Morgan fingerprint density at radius 2 is 1.97 bits per heavy atom. The molecule has 170 valence electrons. The Labute approximate surface area is 188 Å². The number of hydrogen-bond acceptors (Lipinski definition) is 6. The highest BCUT2D eigenvalue weighted by Crippen LogP contribution is 2.36. The molecule has 0 radical (unpaired) electrons. The largest absolute Gasteiger partial charge is 0.492 e. The highest BCUT2D eigenvalue weighted by Gasteiger charge is 2.43. The van der Waals surface area contributed by atoms with Crippen LogP contribution >= 0.6 is 0 Å². The number of methoxy groups -OCH3 is 1. The second kappa shape index (κ2) is 9.06. The number of rotatable bonds is 5. The summed E-state index contributed by atoms with van der Waals surface area (Å²) in [6.45, 7) is 5.11. The van der Waals surface area contributed by atoms with E-state index in [9.17, 15) is 4.79 Å². The average molecular weight is 438 g/mol. The van der Waals surface area contributed by atoms with Gasteiger partial charge in [-0.1, -0.05) is 6.07 Å². The first-order valence-electron chi connectivity index (χ1n) is 11.0. The van der Waals surface area contributed by atoms with Crippen molar-refractivity contribution in [2.45, 2.75) is 32.7 Å². The molecule has 2 aliphatic rings. The van der Waals surface area contributed by atoms with Gasteiger partial charge in [-0.15, -0.1) is 0 Å². The second-order valence-corrected chi connectivity index (χ2v) is 8.69. The van der Waals surface area contributed by atoms with Crippen LogP contribution in [0, 0.1) is 17.7 Å². The zero-order valence-corrected chi connectivity index (χ0v) is 18.8. The Morgan fingerprint density at radius 1 is 1.19 bits per heavy atom. The molecule has 0 atom stereocenters. The standard InChI is InChI=1S/C24H31N5O3/c1-17-13-20(5-9-27-17)28-11-7-24(8-12-28,22(30)31-2)16-32-21-4-3-18-6-10-29(23(25)26)15-19(18)14-21/h3-5,9,13-14H,6-8,10-12,15-16H2,1-2H3,(H3,25,26). The number of guanidine groups is 1. The summed E-state index contributed by atoms with van der Waals surface area (Å²) < 4.78 is 11.3. The van der Waals surface area contributed by atoms with Gasteiger partial charge in [0.2, 0.25) is 0 Å². The second-order valence-electron chi connectivity index (χ2n) is 8.69. The average Bonchev–Trinajstić information content (AvgIpc) is 2.82. The Balaban J connectivity index is 1.45. The van der Waals surface area contributed by atoms with Gasteiger partial charge in [-0.05, 0) is 61.6 Å². The third-order valence-corrected chi connectivity index (χ3v) is 6.63. The number of piperidine rings is 1. The molecule has 1 aromatic heterocycles. The molecule has 1 aromatic carbocycles. The highest BCUT2D eigenvalue weighted by molar-refractivity contribution is 5.77. The number of anilines is 1. The molecular weight excluding hydrogens is 406 g/mol. The molecule has 0 unspecified atom stereocenters. The SMILES string of the molecule is COC(=O)C1(COc2ccc3c(c2)CN(C(=N)N)CC3)CCN(c2ccnc(C)c2)CC1. The van der Waals surface area contributed by atoms with Crippen LogP contribution < -0.4 is 15.4 Å². The lowest BCUT2D eigenvalue weighted by Gasteiger charge is -2.40. The summed E-state index contributed by atoms with van der Waals surface area (Å²) in [6.07, 6.45) is 3.99. The van der Waals surface area contributed by atoms with Crippen LogP contribution in [0.25, 0.3) is 0 Å². The fourth-order valence-electron chi connectivity index (χ4n) is 4.59. The lowest BCUT2D eigenvalue weighted by Crippen LogP contribution is -2.48. The number of aromatic nitrogens is 1. The molecule has 3 heterocycles. The molecule has 3 N–H and O–H groups in total. The van der Waals surface area contributed by atoms with E-state index in [2.05, 4.69) is 22.0 Å². The maximum atomic E-state index is 12.8. The Bertz CT molecular complexity index is 1000. The van der Waals surface area contributed by atoms with Crippen LogP contribution in [0.5, 0.6) is 5.75 Å². The molecule has 0 amide bonds. The van der Waals surface area contributed by atoms with Crippen LogP contribution in [-0.4, -0.2) is 55.2 Å². The third kappa shape index (κ3) is 4.49. The number of esters is 1. The number of hydrogen-bond donors (Lipinski definition) is 2. The number of carbonyl (C=O) groups is 1. The van der Waals surface area contributed by atoms with Gasteiger partial charge in [0.05, 0.1) is 7.11 Å². The predicted octanol–water partition coefficient (Wildman–Crippen LogP) is 2.48. The van der Waals surface area contributed by atoms with E-state index in [1.54, 1.807) is 0 Å². The number of nitrogens with two attached hydrogens (primary N) is 1. The molecule has 0 spiro atoms. The maximum absolute atomic E-state index is 12.8. The van der Waals surface area contributed by atoms with E-state index < -0.39 is 5.41 Å². The molecule has 8 nitrogen and oxygen atoms in total. The minimum atomic E-state index is -0.672. The van der Waals surface area contributed by atoms with E-state index in [4.69, 9.17) is 20.6 Å². The zero-order chi connectivity index (χ0) is 22.7. The van der Waals surface area contributed by atoms with Crippen molar-refractivity contribution < 1.29 is 14.3 Å². The third-order valence-electron chi connectivity index (χ3n) is 6.63. The lowest BCUT2D eigenvalue weighted by atomic mass is 9.79. The van der Waals surface area contributed by atoms with Crippen molar-refractivity contribution in [1.29, 1.82) is 5.41 Å². The minimum absolute atomic E-state index is 0.0859.